The number of amides is 2. The molecule has 1 heterocycles. The van der Waals surface area contributed by atoms with Crippen LogP contribution < -0.4 is 5.32 Å². The molecule has 0 aromatic carbocycles. The first-order valence-corrected chi connectivity index (χ1v) is 5.39. The highest BCUT2D eigenvalue weighted by Gasteiger charge is 2.28. The summed E-state index contributed by atoms with van der Waals surface area (Å²) in [6, 6.07) is 2.10. The molecule has 0 saturated carbocycles. The molecule has 0 spiro atoms. The monoisotopic (exact) mass is 293 g/mol. The number of carbonyl (C=O) groups is 2. The molecule has 9 heteroatoms. The topological polar surface area (TPSA) is 62.3 Å². The normalized spacial score (nSPS) is 11.1. The molecule has 0 atom stereocenters. The SMILES string of the molecule is CN(CC(=O)NCC(F)(F)F)C(=O)c1ccnc(F)c1. The first-order valence-electron chi connectivity index (χ1n) is 5.39. The Bertz CT molecular complexity index is 505. The highest BCUT2D eigenvalue weighted by Crippen LogP contribution is 2.12. The van der Waals surface area contributed by atoms with Crippen LogP contribution in [0.2, 0.25) is 0 Å². The quantitative estimate of drug-likeness (QED) is 0.664. The second-order valence-electron chi connectivity index (χ2n) is 3.92. The summed E-state index contributed by atoms with van der Waals surface area (Å²) in [5.74, 6) is -2.54. The Labute approximate surface area is 111 Å². The molecule has 0 saturated heterocycles. The van der Waals surface area contributed by atoms with Crippen LogP contribution in [0.25, 0.3) is 0 Å². The van der Waals surface area contributed by atoms with Crippen LogP contribution in [0, 0.1) is 5.95 Å². The van der Waals surface area contributed by atoms with Crippen LogP contribution >= 0.6 is 0 Å². The minimum absolute atomic E-state index is 0.0522. The van der Waals surface area contributed by atoms with Gasteiger partial charge in [-0.25, -0.2) is 4.98 Å². The zero-order valence-corrected chi connectivity index (χ0v) is 10.4. The van der Waals surface area contributed by atoms with E-state index in [0.717, 1.165) is 17.2 Å². The Morgan fingerprint density at radius 2 is 2.05 bits per heavy atom. The molecule has 1 aromatic heterocycles. The van der Waals surface area contributed by atoms with Crippen molar-refractivity contribution in [2.75, 3.05) is 20.1 Å². The third kappa shape index (κ3) is 5.21. The fraction of sp³-hybridized carbons (Fsp3) is 0.364. The minimum atomic E-state index is -4.52. The van der Waals surface area contributed by atoms with Gasteiger partial charge >= 0.3 is 6.18 Å². The van der Waals surface area contributed by atoms with Gasteiger partial charge in [0.25, 0.3) is 5.91 Å². The molecule has 110 valence electrons. The van der Waals surface area contributed by atoms with Crippen LogP contribution in [0.3, 0.4) is 0 Å². The number of hydrogen-bond donors (Lipinski definition) is 1. The van der Waals surface area contributed by atoms with Crippen LogP contribution in [-0.4, -0.2) is 48.0 Å². The molecular weight excluding hydrogens is 282 g/mol. The lowest BCUT2D eigenvalue weighted by Crippen LogP contribution is -2.41. The second-order valence-corrected chi connectivity index (χ2v) is 3.92. The van der Waals surface area contributed by atoms with Gasteiger partial charge in [-0.1, -0.05) is 0 Å². The Balaban J connectivity index is 2.56. The summed E-state index contributed by atoms with van der Waals surface area (Å²) < 4.78 is 48.5. The fourth-order valence-corrected chi connectivity index (χ4v) is 1.30. The van der Waals surface area contributed by atoms with E-state index in [9.17, 15) is 27.2 Å². The van der Waals surface area contributed by atoms with Crippen LogP contribution in [0.15, 0.2) is 18.3 Å². The third-order valence-electron chi connectivity index (χ3n) is 2.19. The molecule has 0 fully saturated rings. The zero-order valence-electron chi connectivity index (χ0n) is 10.4. The van der Waals surface area contributed by atoms with E-state index in [4.69, 9.17) is 0 Å². The van der Waals surface area contributed by atoms with Crippen molar-refractivity contribution in [3.8, 4) is 0 Å². The van der Waals surface area contributed by atoms with Crippen molar-refractivity contribution < 1.29 is 27.2 Å². The highest BCUT2D eigenvalue weighted by molar-refractivity contribution is 5.96. The van der Waals surface area contributed by atoms with Crippen molar-refractivity contribution in [3.05, 3.63) is 29.8 Å². The van der Waals surface area contributed by atoms with Gasteiger partial charge in [-0.05, 0) is 6.07 Å². The first kappa shape index (κ1) is 15.9. The average Bonchev–Trinajstić information content (AvgIpc) is 2.34. The van der Waals surface area contributed by atoms with Gasteiger partial charge in [-0.2, -0.15) is 17.6 Å². The second kappa shape index (κ2) is 6.31. The summed E-state index contributed by atoms with van der Waals surface area (Å²) in [5.41, 5.74) is -0.0522. The predicted octanol–water partition coefficient (Wildman–Crippen LogP) is 0.971. The number of hydrogen-bond acceptors (Lipinski definition) is 3. The van der Waals surface area contributed by atoms with Crippen LogP contribution in [0.1, 0.15) is 10.4 Å². The summed E-state index contributed by atoms with van der Waals surface area (Å²) in [6.07, 6.45) is -3.45. The Morgan fingerprint density at radius 3 is 2.60 bits per heavy atom. The van der Waals surface area contributed by atoms with E-state index in [1.54, 1.807) is 5.32 Å². The summed E-state index contributed by atoms with van der Waals surface area (Å²) in [6.45, 7) is -2.05. The highest BCUT2D eigenvalue weighted by atomic mass is 19.4. The molecule has 2 amide bonds. The summed E-state index contributed by atoms with van der Waals surface area (Å²) in [4.78, 5) is 27.1. The molecule has 0 radical (unpaired) electrons. The molecule has 5 nitrogen and oxygen atoms in total. The van der Waals surface area contributed by atoms with Gasteiger partial charge in [-0.15, -0.1) is 0 Å². The van der Waals surface area contributed by atoms with Crippen molar-refractivity contribution >= 4 is 11.8 Å². The van der Waals surface area contributed by atoms with Crippen LogP contribution in [0.5, 0.6) is 0 Å². The van der Waals surface area contributed by atoms with Gasteiger partial charge in [0, 0.05) is 24.9 Å². The van der Waals surface area contributed by atoms with E-state index < -0.39 is 37.0 Å². The third-order valence-corrected chi connectivity index (χ3v) is 2.19. The molecule has 0 aliphatic heterocycles. The van der Waals surface area contributed by atoms with Crippen LogP contribution in [0.4, 0.5) is 17.6 Å². The molecule has 0 unspecified atom stereocenters. The van der Waals surface area contributed by atoms with Gasteiger partial charge in [0.15, 0.2) is 0 Å². The van der Waals surface area contributed by atoms with Gasteiger partial charge in [0.1, 0.15) is 6.54 Å². The van der Waals surface area contributed by atoms with Crippen molar-refractivity contribution in [2.45, 2.75) is 6.18 Å². The maximum absolute atomic E-state index is 12.8. The summed E-state index contributed by atoms with van der Waals surface area (Å²) in [5, 5.41) is 1.63. The largest absolute Gasteiger partial charge is 0.405 e. The lowest BCUT2D eigenvalue weighted by molar-refractivity contribution is -0.138. The van der Waals surface area contributed by atoms with Gasteiger partial charge in [0.05, 0.1) is 6.54 Å². The lowest BCUT2D eigenvalue weighted by Gasteiger charge is -2.17. The molecule has 1 N–H and O–H groups in total. The van der Waals surface area contributed by atoms with E-state index in [-0.39, 0.29) is 5.56 Å². The molecule has 1 rings (SSSR count). The smallest absolute Gasteiger partial charge is 0.345 e. The standard InChI is InChI=1S/C11H11F4N3O2/c1-18(5-9(19)17-6-11(13,14)15)10(20)7-2-3-16-8(12)4-7/h2-4H,5-6H2,1H3,(H,17,19). The number of rotatable bonds is 4. The van der Waals surface area contributed by atoms with E-state index >= 15 is 0 Å². The van der Waals surface area contributed by atoms with E-state index in [1.165, 1.54) is 13.1 Å². The molecule has 0 aliphatic carbocycles. The Morgan fingerprint density at radius 1 is 1.40 bits per heavy atom. The zero-order chi connectivity index (χ0) is 15.3. The lowest BCUT2D eigenvalue weighted by atomic mass is 10.2. The molecule has 0 aliphatic rings. The summed E-state index contributed by atoms with van der Waals surface area (Å²) >= 11 is 0. The number of likely N-dealkylation sites (N-methyl/N-ethyl adjacent to an activating group) is 1. The number of aromatic nitrogens is 1. The first-order chi connectivity index (χ1) is 9.19. The number of nitrogens with zero attached hydrogens (tertiary/aromatic N) is 2. The van der Waals surface area contributed by atoms with Crippen LogP contribution in [-0.2, 0) is 4.79 Å². The van der Waals surface area contributed by atoms with E-state index in [1.807, 2.05) is 0 Å². The fourth-order valence-electron chi connectivity index (χ4n) is 1.30. The number of nitrogens with one attached hydrogen (secondary N) is 1. The van der Waals surface area contributed by atoms with Crippen molar-refractivity contribution in [3.63, 3.8) is 0 Å². The molecule has 20 heavy (non-hydrogen) atoms. The number of alkyl halides is 3. The van der Waals surface area contributed by atoms with Crippen molar-refractivity contribution in [2.24, 2.45) is 0 Å². The number of pyridine rings is 1. The number of halogens is 4. The van der Waals surface area contributed by atoms with Crippen molar-refractivity contribution in [1.29, 1.82) is 0 Å². The van der Waals surface area contributed by atoms with E-state index in [2.05, 4.69) is 4.98 Å². The predicted molar refractivity (Wildman–Crippen MR) is 60.2 cm³/mol. The minimum Gasteiger partial charge on any atom is -0.345 e. The van der Waals surface area contributed by atoms with Gasteiger partial charge in [-0.3, -0.25) is 9.59 Å². The van der Waals surface area contributed by atoms with E-state index in [0.29, 0.717) is 0 Å². The maximum Gasteiger partial charge on any atom is 0.405 e. The maximum atomic E-state index is 12.8. The van der Waals surface area contributed by atoms with Crippen molar-refractivity contribution in [1.82, 2.24) is 15.2 Å². The van der Waals surface area contributed by atoms with Gasteiger partial charge in [0.2, 0.25) is 11.9 Å². The molecule has 1 aromatic rings. The van der Waals surface area contributed by atoms with Gasteiger partial charge < -0.3 is 10.2 Å². The Kier molecular flexibility index (Phi) is 5.00. The Hall–Kier alpha value is -2.19. The average molecular weight is 293 g/mol. The number of carbonyl (C=O) groups excluding carboxylic acids is 2. The summed E-state index contributed by atoms with van der Waals surface area (Å²) in [7, 11) is 1.22. The molecule has 0 bridgehead atoms. The molecular formula is C11H11F4N3O2.